The number of pyridine rings is 1. The molecule has 3 N–H and O–H groups in total. The molecular weight excluding hydrogens is 290 g/mol. The van der Waals surface area contributed by atoms with E-state index in [0.717, 1.165) is 11.8 Å². The predicted molar refractivity (Wildman–Crippen MR) is 79.6 cm³/mol. The average molecular weight is 305 g/mol. The zero-order valence-electron chi connectivity index (χ0n) is 11.4. The number of hydrogen-bond acceptors (Lipinski definition) is 5. The van der Waals surface area contributed by atoms with Gasteiger partial charge in [-0.2, -0.15) is 0 Å². The monoisotopic (exact) mass is 305 g/mol. The van der Waals surface area contributed by atoms with Gasteiger partial charge in [0.05, 0.1) is 4.90 Å². The molecule has 2 rings (SSSR count). The first-order chi connectivity index (χ1) is 9.90. The van der Waals surface area contributed by atoms with Gasteiger partial charge in [0.25, 0.3) is 5.91 Å². The van der Waals surface area contributed by atoms with Gasteiger partial charge < -0.3 is 11.1 Å². The van der Waals surface area contributed by atoms with E-state index in [9.17, 15) is 13.2 Å². The molecule has 0 bridgehead atoms. The van der Waals surface area contributed by atoms with Crippen molar-refractivity contribution in [1.29, 1.82) is 0 Å². The normalized spacial score (nSPS) is 11.1. The van der Waals surface area contributed by atoms with Gasteiger partial charge in [-0.05, 0) is 29.8 Å². The molecule has 0 spiro atoms. The number of aromatic nitrogens is 1. The molecule has 21 heavy (non-hydrogen) atoms. The molecule has 0 aliphatic heterocycles. The Labute approximate surface area is 122 Å². The van der Waals surface area contributed by atoms with Crippen LogP contribution in [0.3, 0.4) is 0 Å². The summed E-state index contributed by atoms with van der Waals surface area (Å²) in [5, 5.41) is 2.60. The van der Waals surface area contributed by atoms with Crippen LogP contribution in [0.2, 0.25) is 0 Å². The van der Waals surface area contributed by atoms with E-state index in [0.29, 0.717) is 12.4 Å². The Bertz CT molecular complexity index is 755. The predicted octanol–water partition coefficient (Wildman–Crippen LogP) is 1.20. The number of rotatable bonds is 4. The largest absolute Gasteiger partial charge is 0.326 e. The summed E-state index contributed by atoms with van der Waals surface area (Å²) < 4.78 is 23.0. The number of hydrogen-bond donors (Lipinski definition) is 2. The van der Waals surface area contributed by atoms with E-state index >= 15 is 0 Å². The summed E-state index contributed by atoms with van der Waals surface area (Å²) in [6.07, 6.45) is 2.67. The smallest absolute Gasteiger partial charge is 0.256 e. The highest BCUT2D eigenvalue weighted by Gasteiger charge is 2.12. The fourth-order valence-corrected chi connectivity index (χ4v) is 2.34. The van der Waals surface area contributed by atoms with Gasteiger partial charge in [-0.3, -0.25) is 4.79 Å². The molecule has 2 aromatic rings. The minimum Gasteiger partial charge on any atom is -0.326 e. The molecule has 0 unspecified atom stereocenters. The van der Waals surface area contributed by atoms with Crippen molar-refractivity contribution in [2.24, 2.45) is 5.73 Å². The van der Waals surface area contributed by atoms with Gasteiger partial charge in [0, 0.05) is 24.6 Å². The number of amides is 1. The first-order valence-corrected chi connectivity index (χ1v) is 8.06. The van der Waals surface area contributed by atoms with Gasteiger partial charge in [-0.25, -0.2) is 13.4 Å². The molecule has 0 fully saturated rings. The maximum absolute atomic E-state index is 12.1. The highest BCUT2D eigenvalue weighted by Crippen LogP contribution is 2.13. The minimum absolute atomic E-state index is 0.0987. The number of nitrogens with zero attached hydrogens (tertiary/aromatic N) is 1. The maximum Gasteiger partial charge on any atom is 0.256 e. The van der Waals surface area contributed by atoms with Crippen molar-refractivity contribution >= 4 is 21.6 Å². The number of carbonyl (C=O) groups excluding carboxylic acids is 1. The van der Waals surface area contributed by atoms with E-state index in [-0.39, 0.29) is 10.5 Å². The molecule has 0 radical (unpaired) electrons. The molecule has 1 aromatic carbocycles. The summed E-state index contributed by atoms with van der Waals surface area (Å²) in [6, 6.07) is 9.24. The molecule has 110 valence electrons. The van der Waals surface area contributed by atoms with Crippen LogP contribution in [0.15, 0.2) is 47.5 Å². The van der Waals surface area contributed by atoms with Gasteiger partial charge in [0.15, 0.2) is 9.84 Å². The maximum atomic E-state index is 12.1. The van der Waals surface area contributed by atoms with Gasteiger partial charge in [0.1, 0.15) is 5.82 Å². The Morgan fingerprint density at radius 1 is 1.29 bits per heavy atom. The van der Waals surface area contributed by atoms with E-state index in [4.69, 9.17) is 5.73 Å². The van der Waals surface area contributed by atoms with Crippen LogP contribution in [0, 0.1) is 0 Å². The molecule has 7 heteroatoms. The Morgan fingerprint density at radius 2 is 2.05 bits per heavy atom. The zero-order chi connectivity index (χ0) is 15.5. The van der Waals surface area contributed by atoms with Crippen LogP contribution < -0.4 is 11.1 Å². The lowest BCUT2D eigenvalue weighted by molar-refractivity contribution is 0.102. The van der Waals surface area contributed by atoms with Crippen LogP contribution >= 0.6 is 0 Å². The SMILES string of the molecule is CS(=O)(=O)c1cccc(C(=O)Nc2ccc(CN)cn2)c1. The number of nitrogens with one attached hydrogen (secondary N) is 1. The van der Waals surface area contributed by atoms with Crippen LogP contribution in [0.1, 0.15) is 15.9 Å². The van der Waals surface area contributed by atoms with Crippen molar-refractivity contribution in [2.75, 3.05) is 11.6 Å². The first-order valence-electron chi connectivity index (χ1n) is 6.16. The molecular formula is C14H15N3O3S. The number of benzene rings is 1. The van der Waals surface area contributed by atoms with Crippen molar-refractivity contribution < 1.29 is 13.2 Å². The highest BCUT2D eigenvalue weighted by molar-refractivity contribution is 7.90. The number of sulfone groups is 1. The van der Waals surface area contributed by atoms with Crippen LogP contribution in [-0.4, -0.2) is 25.6 Å². The quantitative estimate of drug-likeness (QED) is 0.883. The molecule has 0 aliphatic rings. The zero-order valence-corrected chi connectivity index (χ0v) is 12.2. The summed E-state index contributed by atoms with van der Waals surface area (Å²) in [5.74, 6) is -0.0459. The number of carbonyl (C=O) groups is 1. The highest BCUT2D eigenvalue weighted by atomic mass is 32.2. The number of anilines is 1. The second-order valence-electron chi connectivity index (χ2n) is 4.51. The van der Waals surface area contributed by atoms with E-state index < -0.39 is 15.7 Å². The van der Waals surface area contributed by atoms with Gasteiger partial charge in [-0.1, -0.05) is 12.1 Å². The fourth-order valence-electron chi connectivity index (χ4n) is 1.68. The number of nitrogens with two attached hydrogens (primary N) is 1. The summed E-state index contributed by atoms with van der Waals surface area (Å²) in [5.41, 5.74) is 6.57. The van der Waals surface area contributed by atoms with Gasteiger partial charge in [-0.15, -0.1) is 0 Å². The molecule has 1 heterocycles. The third-order valence-electron chi connectivity index (χ3n) is 2.83. The Balaban J connectivity index is 2.20. The standard InChI is InChI=1S/C14H15N3O3S/c1-21(19,20)12-4-2-3-11(7-12)14(18)17-13-6-5-10(8-15)9-16-13/h2-7,9H,8,15H2,1H3,(H,16,17,18). The third kappa shape index (κ3) is 3.87. The van der Waals surface area contributed by atoms with E-state index in [1.54, 1.807) is 18.3 Å². The van der Waals surface area contributed by atoms with E-state index in [2.05, 4.69) is 10.3 Å². The Kier molecular flexibility index (Phi) is 4.35. The lowest BCUT2D eigenvalue weighted by Gasteiger charge is -2.06. The van der Waals surface area contributed by atoms with Crippen molar-refractivity contribution in [3.8, 4) is 0 Å². The molecule has 0 atom stereocenters. The molecule has 0 saturated heterocycles. The summed E-state index contributed by atoms with van der Waals surface area (Å²) in [7, 11) is -3.35. The Morgan fingerprint density at radius 3 is 2.62 bits per heavy atom. The average Bonchev–Trinajstić information content (AvgIpc) is 2.47. The van der Waals surface area contributed by atoms with Crippen LogP contribution in [0.5, 0.6) is 0 Å². The molecule has 1 amide bonds. The van der Waals surface area contributed by atoms with Crippen molar-refractivity contribution in [3.63, 3.8) is 0 Å². The lowest BCUT2D eigenvalue weighted by atomic mass is 10.2. The first kappa shape index (κ1) is 15.1. The van der Waals surface area contributed by atoms with Crippen LogP contribution in [0.25, 0.3) is 0 Å². The van der Waals surface area contributed by atoms with Crippen LogP contribution in [0.4, 0.5) is 5.82 Å². The molecule has 6 nitrogen and oxygen atoms in total. The van der Waals surface area contributed by atoms with E-state index in [1.807, 2.05) is 0 Å². The Hall–Kier alpha value is -2.25. The van der Waals surface area contributed by atoms with Crippen molar-refractivity contribution in [2.45, 2.75) is 11.4 Å². The molecule has 0 aliphatic carbocycles. The lowest BCUT2D eigenvalue weighted by Crippen LogP contribution is -2.13. The fraction of sp³-hybridized carbons (Fsp3) is 0.143. The second-order valence-corrected chi connectivity index (χ2v) is 6.53. The second kappa shape index (κ2) is 6.02. The molecule has 1 aromatic heterocycles. The van der Waals surface area contributed by atoms with Crippen molar-refractivity contribution in [1.82, 2.24) is 4.98 Å². The third-order valence-corrected chi connectivity index (χ3v) is 3.94. The van der Waals surface area contributed by atoms with Gasteiger partial charge >= 0.3 is 0 Å². The topological polar surface area (TPSA) is 102 Å². The van der Waals surface area contributed by atoms with E-state index in [1.165, 1.54) is 24.3 Å². The van der Waals surface area contributed by atoms with Crippen LogP contribution in [-0.2, 0) is 16.4 Å². The molecule has 0 saturated carbocycles. The minimum atomic E-state index is -3.35. The summed E-state index contributed by atoms with van der Waals surface area (Å²) in [6.45, 7) is 0.373. The van der Waals surface area contributed by atoms with Crippen molar-refractivity contribution in [3.05, 3.63) is 53.7 Å². The summed E-state index contributed by atoms with van der Waals surface area (Å²) >= 11 is 0. The van der Waals surface area contributed by atoms with Gasteiger partial charge in [0.2, 0.25) is 0 Å². The summed E-state index contributed by atoms with van der Waals surface area (Å²) in [4.78, 5) is 16.2.